The SMILES string of the molecule is C=Cc1c(/C=C\C)c(/C=C\C)c(C=C)n1-c1cc(Br)cc(-n2c3ccccc3c3ccccc32)c1. The van der Waals surface area contributed by atoms with E-state index < -0.39 is 0 Å². The molecule has 0 bridgehead atoms. The lowest BCUT2D eigenvalue weighted by atomic mass is 10.1. The van der Waals surface area contributed by atoms with E-state index in [-0.39, 0.29) is 0 Å². The van der Waals surface area contributed by atoms with Crippen molar-refractivity contribution in [2.24, 2.45) is 0 Å². The lowest BCUT2D eigenvalue weighted by Crippen LogP contribution is -2.02. The minimum absolute atomic E-state index is 1.01. The van der Waals surface area contributed by atoms with E-state index in [1.54, 1.807) is 0 Å². The number of hydrogen-bond acceptors (Lipinski definition) is 0. The van der Waals surface area contributed by atoms with E-state index in [9.17, 15) is 0 Å². The first kappa shape index (κ1) is 22.9. The zero-order chi connectivity index (χ0) is 24.5. The summed E-state index contributed by atoms with van der Waals surface area (Å²) in [7, 11) is 0. The van der Waals surface area contributed by atoms with Gasteiger partial charge in [0, 0.05) is 37.7 Å². The van der Waals surface area contributed by atoms with Crippen molar-refractivity contribution in [3.05, 3.63) is 119 Å². The van der Waals surface area contributed by atoms with E-state index in [1.807, 2.05) is 26.0 Å². The van der Waals surface area contributed by atoms with Crippen LogP contribution in [0.15, 0.2) is 96.5 Å². The van der Waals surface area contributed by atoms with Crippen LogP contribution in [0.3, 0.4) is 0 Å². The maximum Gasteiger partial charge on any atom is 0.0541 e. The number of benzene rings is 3. The maximum atomic E-state index is 4.16. The monoisotopic (exact) mass is 518 g/mol. The Labute approximate surface area is 215 Å². The Bertz CT molecular complexity index is 1560. The Morgan fingerprint density at radius 1 is 0.657 bits per heavy atom. The summed E-state index contributed by atoms with van der Waals surface area (Å²) in [6.07, 6.45) is 12.3. The number of halogens is 1. The summed E-state index contributed by atoms with van der Waals surface area (Å²) in [4.78, 5) is 0. The highest BCUT2D eigenvalue weighted by atomic mass is 79.9. The van der Waals surface area contributed by atoms with E-state index in [2.05, 4.69) is 129 Å². The molecule has 2 aromatic heterocycles. The predicted octanol–water partition coefficient (Wildman–Crippen LogP) is 9.69. The van der Waals surface area contributed by atoms with Gasteiger partial charge in [-0.05, 0) is 56.3 Å². The van der Waals surface area contributed by atoms with E-state index in [1.165, 1.54) is 21.8 Å². The van der Waals surface area contributed by atoms with Gasteiger partial charge in [0.2, 0.25) is 0 Å². The molecular formula is C32H27BrN2. The zero-order valence-electron chi connectivity index (χ0n) is 20.0. The smallest absolute Gasteiger partial charge is 0.0541 e. The van der Waals surface area contributed by atoms with Crippen LogP contribution < -0.4 is 0 Å². The van der Waals surface area contributed by atoms with Gasteiger partial charge in [0.25, 0.3) is 0 Å². The fourth-order valence-corrected chi connectivity index (χ4v) is 5.50. The van der Waals surface area contributed by atoms with Crippen molar-refractivity contribution in [3.8, 4) is 11.4 Å². The molecule has 5 aromatic rings. The minimum Gasteiger partial charge on any atom is -0.309 e. The van der Waals surface area contributed by atoms with Gasteiger partial charge in [0.15, 0.2) is 0 Å². The molecule has 0 unspecified atom stereocenters. The number of allylic oxidation sites excluding steroid dienone is 2. The molecule has 0 aliphatic carbocycles. The molecule has 0 amide bonds. The van der Waals surface area contributed by atoms with Crippen molar-refractivity contribution in [2.45, 2.75) is 13.8 Å². The number of aromatic nitrogens is 2. The van der Waals surface area contributed by atoms with E-state index in [0.717, 1.165) is 38.4 Å². The third-order valence-electron chi connectivity index (χ3n) is 6.34. The largest absolute Gasteiger partial charge is 0.309 e. The van der Waals surface area contributed by atoms with Crippen LogP contribution in [0.2, 0.25) is 0 Å². The standard InChI is InChI=1S/C32H27BrN2/c1-5-13-25-26(14-6-2)30(8-4)34(29(25)7-3)23-19-22(33)20-24(21-23)35-31-17-11-9-15-27(31)28-16-10-12-18-32(28)35/h5-21H,3-4H2,1-2H3/b13-5-,14-6-. The van der Waals surface area contributed by atoms with Crippen LogP contribution in [0.25, 0.3) is 57.5 Å². The first-order valence-electron chi connectivity index (χ1n) is 11.7. The average molecular weight is 519 g/mol. The molecule has 0 saturated carbocycles. The molecule has 0 aliphatic heterocycles. The van der Waals surface area contributed by atoms with Gasteiger partial charge in [0.05, 0.1) is 22.4 Å². The Kier molecular flexibility index (Phi) is 6.19. The Hall–Kier alpha value is -3.82. The highest BCUT2D eigenvalue weighted by Gasteiger charge is 2.19. The van der Waals surface area contributed by atoms with Crippen molar-refractivity contribution in [3.63, 3.8) is 0 Å². The molecule has 0 atom stereocenters. The van der Waals surface area contributed by atoms with Crippen LogP contribution in [-0.2, 0) is 0 Å². The molecule has 3 aromatic carbocycles. The summed E-state index contributed by atoms with van der Waals surface area (Å²) >= 11 is 3.80. The van der Waals surface area contributed by atoms with Crippen LogP contribution in [0, 0.1) is 0 Å². The molecule has 0 N–H and O–H groups in total. The van der Waals surface area contributed by atoms with Gasteiger partial charge in [-0.2, -0.15) is 0 Å². The molecule has 35 heavy (non-hydrogen) atoms. The fraction of sp³-hybridized carbons (Fsp3) is 0.0625. The lowest BCUT2D eigenvalue weighted by Gasteiger charge is -2.15. The van der Waals surface area contributed by atoms with E-state index in [0.29, 0.717) is 0 Å². The van der Waals surface area contributed by atoms with Crippen LogP contribution in [0.4, 0.5) is 0 Å². The van der Waals surface area contributed by atoms with Crippen molar-refractivity contribution in [1.29, 1.82) is 0 Å². The number of fused-ring (bicyclic) bond motifs is 3. The molecule has 0 saturated heterocycles. The van der Waals surface area contributed by atoms with Crippen LogP contribution in [-0.4, -0.2) is 9.13 Å². The quantitative estimate of drug-likeness (QED) is 0.211. The van der Waals surface area contributed by atoms with E-state index in [4.69, 9.17) is 0 Å². The van der Waals surface area contributed by atoms with Gasteiger partial charge in [-0.15, -0.1) is 0 Å². The molecule has 2 heterocycles. The normalized spacial score (nSPS) is 11.9. The highest BCUT2D eigenvalue weighted by molar-refractivity contribution is 9.10. The molecule has 0 radical (unpaired) electrons. The summed E-state index contributed by atoms with van der Waals surface area (Å²) in [5.74, 6) is 0. The van der Waals surface area contributed by atoms with Gasteiger partial charge >= 0.3 is 0 Å². The van der Waals surface area contributed by atoms with Crippen molar-refractivity contribution in [1.82, 2.24) is 9.13 Å². The van der Waals surface area contributed by atoms with Gasteiger partial charge in [-0.1, -0.05) is 89.8 Å². The number of para-hydroxylation sites is 2. The Morgan fingerprint density at radius 3 is 1.57 bits per heavy atom. The Morgan fingerprint density at radius 2 is 1.11 bits per heavy atom. The minimum atomic E-state index is 1.01. The zero-order valence-corrected chi connectivity index (χ0v) is 21.6. The average Bonchev–Trinajstić information content (AvgIpc) is 3.36. The topological polar surface area (TPSA) is 9.86 Å². The third kappa shape index (κ3) is 3.73. The van der Waals surface area contributed by atoms with E-state index >= 15 is 0 Å². The molecule has 0 aliphatic rings. The molecule has 0 fully saturated rings. The summed E-state index contributed by atoms with van der Waals surface area (Å²) < 4.78 is 5.58. The first-order chi connectivity index (χ1) is 17.1. The lowest BCUT2D eigenvalue weighted by molar-refractivity contribution is 1.03. The molecule has 172 valence electrons. The first-order valence-corrected chi connectivity index (χ1v) is 12.5. The van der Waals surface area contributed by atoms with Crippen molar-refractivity contribution < 1.29 is 0 Å². The maximum absolute atomic E-state index is 4.16. The molecule has 0 spiro atoms. The second-order valence-electron chi connectivity index (χ2n) is 8.38. The second-order valence-corrected chi connectivity index (χ2v) is 9.29. The second kappa shape index (κ2) is 9.44. The summed E-state index contributed by atoms with van der Waals surface area (Å²) in [6.45, 7) is 12.4. The molecule has 2 nitrogen and oxygen atoms in total. The third-order valence-corrected chi connectivity index (χ3v) is 6.80. The highest BCUT2D eigenvalue weighted by Crippen LogP contribution is 2.36. The van der Waals surface area contributed by atoms with Crippen LogP contribution in [0.5, 0.6) is 0 Å². The predicted molar refractivity (Wildman–Crippen MR) is 157 cm³/mol. The fourth-order valence-electron chi connectivity index (χ4n) is 5.03. The number of nitrogens with zero attached hydrogens (tertiary/aromatic N) is 2. The molecule has 5 rings (SSSR count). The molecule has 3 heteroatoms. The van der Waals surface area contributed by atoms with Crippen molar-refractivity contribution >= 4 is 62.0 Å². The van der Waals surface area contributed by atoms with Crippen LogP contribution in [0.1, 0.15) is 36.4 Å². The summed E-state index contributed by atoms with van der Waals surface area (Å²) in [5, 5.41) is 2.49. The summed E-state index contributed by atoms with van der Waals surface area (Å²) in [6, 6.07) is 23.7. The van der Waals surface area contributed by atoms with Gasteiger partial charge < -0.3 is 9.13 Å². The molecular weight excluding hydrogens is 492 g/mol. The summed E-state index contributed by atoms with van der Waals surface area (Å²) in [5.41, 5.74) is 8.84. The van der Waals surface area contributed by atoms with Gasteiger partial charge in [0.1, 0.15) is 0 Å². The van der Waals surface area contributed by atoms with Crippen molar-refractivity contribution in [2.75, 3.05) is 0 Å². The van der Waals surface area contributed by atoms with Gasteiger partial charge in [-0.3, -0.25) is 0 Å². The Balaban J connectivity index is 1.86. The number of rotatable bonds is 6. The van der Waals surface area contributed by atoms with Crippen LogP contribution >= 0.6 is 15.9 Å². The van der Waals surface area contributed by atoms with Gasteiger partial charge in [-0.25, -0.2) is 0 Å². The number of hydrogen-bond donors (Lipinski definition) is 0.